The van der Waals surface area contributed by atoms with Crippen LogP contribution >= 0.6 is 23.4 Å². The lowest BCUT2D eigenvalue weighted by atomic mass is 10.1. The van der Waals surface area contributed by atoms with Gasteiger partial charge in [0.2, 0.25) is 5.91 Å². The van der Waals surface area contributed by atoms with Crippen molar-refractivity contribution in [3.05, 3.63) is 64.3 Å². The van der Waals surface area contributed by atoms with Gasteiger partial charge in [-0.25, -0.2) is 4.98 Å². The van der Waals surface area contributed by atoms with Crippen molar-refractivity contribution in [1.29, 1.82) is 0 Å². The predicted molar refractivity (Wildman–Crippen MR) is 107 cm³/mol. The third kappa shape index (κ3) is 4.48. The maximum atomic E-state index is 12.3. The minimum absolute atomic E-state index is 0.0868. The Morgan fingerprint density at radius 3 is 2.46 bits per heavy atom. The molecule has 0 atom stereocenters. The zero-order chi connectivity index (χ0) is 18.7. The maximum absolute atomic E-state index is 12.3. The molecule has 1 N–H and O–H groups in total. The summed E-state index contributed by atoms with van der Waals surface area (Å²) in [6.45, 7) is 6.03. The van der Waals surface area contributed by atoms with Crippen molar-refractivity contribution in [2.24, 2.45) is 0 Å². The van der Waals surface area contributed by atoms with E-state index >= 15 is 0 Å². The van der Waals surface area contributed by atoms with Gasteiger partial charge in [0.15, 0.2) is 5.76 Å². The van der Waals surface area contributed by atoms with Gasteiger partial charge in [0.05, 0.1) is 11.9 Å². The van der Waals surface area contributed by atoms with Gasteiger partial charge in [-0.15, -0.1) is 0 Å². The van der Waals surface area contributed by atoms with Crippen molar-refractivity contribution in [2.75, 3.05) is 11.1 Å². The molecule has 1 amide bonds. The van der Waals surface area contributed by atoms with Gasteiger partial charge in [-0.3, -0.25) is 4.79 Å². The summed E-state index contributed by atoms with van der Waals surface area (Å²) in [5.41, 5.74) is 5.06. The molecule has 2 aromatic carbocycles. The summed E-state index contributed by atoms with van der Waals surface area (Å²) < 4.78 is 5.70. The molecule has 0 saturated carbocycles. The number of oxazole rings is 1. The average molecular weight is 387 g/mol. The third-order valence-corrected chi connectivity index (χ3v) is 4.98. The number of nitrogens with zero attached hydrogens (tertiary/aromatic N) is 1. The number of hydrogen-bond donors (Lipinski definition) is 1. The fourth-order valence-electron chi connectivity index (χ4n) is 2.75. The number of carbonyl (C=O) groups is 1. The van der Waals surface area contributed by atoms with Crippen LogP contribution in [0.25, 0.3) is 11.3 Å². The normalized spacial score (nSPS) is 10.8. The minimum atomic E-state index is -0.0868. The average Bonchev–Trinajstić information content (AvgIpc) is 3.06. The number of amides is 1. The molecule has 1 aromatic heterocycles. The summed E-state index contributed by atoms with van der Waals surface area (Å²) in [5.74, 6) is 0.791. The van der Waals surface area contributed by atoms with Crippen LogP contribution in [0.2, 0.25) is 5.02 Å². The highest BCUT2D eigenvalue weighted by Crippen LogP contribution is 2.27. The summed E-state index contributed by atoms with van der Waals surface area (Å²) >= 11 is 7.16. The Labute approximate surface area is 162 Å². The quantitative estimate of drug-likeness (QED) is 0.575. The monoisotopic (exact) mass is 386 g/mol. The molecule has 0 aliphatic rings. The van der Waals surface area contributed by atoms with E-state index in [4.69, 9.17) is 16.0 Å². The van der Waals surface area contributed by atoms with Crippen molar-refractivity contribution in [3.8, 4) is 11.3 Å². The Hall–Kier alpha value is -2.24. The fourth-order valence-corrected chi connectivity index (χ4v) is 3.48. The van der Waals surface area contributed by atoms with Crippen molar-refractivity contribution in [1.82, 2.24) is 4.98 Å². The first-order valence-corrected chi connectivity index (χ1v) is 9.51. The zero-order valence-electron chi connectivity index (χ0n) is 14.8. The van der Waals surface area contributed by atoms with E-state index in [0.29, 0.717) is 16.0 Å². The van der Waals surface area contributed by atoms with Crippen LogP contribution in [0.3, 0.4) is 0 Å². The van der Waals surface area contributed by atoms with Gasteiger partial charge >= 0.3 is 0 Å². The molecule has 1 heterocycles. The second-order valence-corrected chi connectivity index (χ2v) is 7.47. The van der Waals surface area contributed by atoms with Crippen LogP contribution < -0.4 is 5.32 Å². The van der Waals surface area contributed by atoms with Crippen molar-refractivity contribution >= 4 is 35.0 Å². The number of rotatable bonds is 5. The van der Waals surface area contributed by atoms with Crippen LogP contribution in [-0.4, -0.2) is 16.6 Å². The summed E-state index contributed by atoms with van der Waals surface area (Å²) in [5, 5.41) is 4.11. The molecule has 0 saturated heterocycles. The molecular formula is C20H19ClN2O2S. The highest BCUT2D eigenvalue weighted by atomic mass is 35.5. The van der Waals surface area contributed by atoms with Crippen molar-refractivity contribution < 1.29 is 9.21 Å². The molecule has 0 radical (unpaired) electrons. The molecule has 0 bridgehead atoms. The molecule has 3 aromatic rings. The van der Waals surface area contributed by atoms with Crippen molar-refractivity contribution in [2.45, 2.75) is 26.0 Å². The van der Waals surface area contributed by atoms with Gasteiger partial charge in [0, 0.05) is 16.3 Å². The van der Waals surface area contributed by atoms with Gasteiger partial charge < -0.3 is 9.73 Å². The minimum Gasteiger partial charge on any atom is -0.431 e. The largest absolute Gasteiger partial charge is 0.431 e. The first kappa shape index (κ1) is 18.5. The van der Waals surface area contributed by atoms with Gasteiger partial charge in [0.25, 0.3) is 5.22 Å². The Morgan fingerprint density at radius 2 is 1.81 bits per heavy atom. The molecule has 0 spiro atoms. The number of aryl methyl sites for hydroxylation is 3. The molecule has 0 fully saturated rings. The van der Waals surface area contributed by atoms with Gasteiger partial charge in [-0.05, 0) is 56.2 Å². The Balaban J connectivity index is 1.61. The van der Waals surface area contributed by atoms with Crippen LogP contribution in [-0.2, 0) is 4.79 Å². The number of nitrogens with one attached hydrogen (secondary N) is 1. The number of carbonyl (C=O) groups excluding carboxylic acids is 1. The summed E-state index contributed by atoms with van der Waals surface area (Å²) in [7, 11) is 0. The van der Waals surface area contributed by atoms with Crippen LogP contribution in [0, 0.1) is 20.8 Å². The van der Waals surface area contributed by atoms with Crippen LogP contribution in [0.4, 0.5) is 5.69 Å². The van der Waals surface area contributed by atoms with E-state index < -0.39 is 0 Å². The Bertz CT molecular complexity index is 912. The zero-order valence-corrected chi connectivity index (χ0v) is 16.4. The number of thioether (sulfide) groups is 1. The fraction of sp³-hybridized carbons (Fsp3) is 0.200. The second-order valence-electron chi connectivity index (χ2n) is 6.11. The van der Waals surface area contributed by atoms with Crippen LogP contribution in [0.1, 0.15) is 16.7 Å². The third-order valence-electron chi connectivity index (χ3n) is 3.88. The molecule has 6 heteroatoms. The lowest BCUT2D eigenvalue weighted by Crippen LogP contribution is -2.15. The highest BCUT2D eigenvalue weighted by Gasteiger charge is 2.12. The number of halogens is 1. The molecule has 26 heavy (non-hydrogen) atoms. The molecular weight excluding hydrogens is 368 g/mol. The molecule has 0 aliphatic heterocycles. The number of aromatic nitrogens is 1. The smallest absolute Gasteiger partial charge is 0.256 e. The molecule has 4 nitrogen and oxygen atoms in total. The van der Waals surface area contributed by atoms with Gasteiger partial charge in [-0.2, -0.15) is 0 Å². The van der Waals surface area contributed by atoms with E-state index in [9.17, 15) is 4.79 Å². The molecule has 134 valence electrons. The lowest BCUT2D eigenvalue weighted by molar-refractivity contribution is -0.113. The highest BCUT2D eigenvalue weighted by molar-refractivity contribution is 7.99. The molecule has 3 rings (SSSR count). The standard InChI is InChI=1S/C20H19ClN2O2S/c1-12-8-13(2)19(14(3)9-12)23-18(24)11-26-20-22-10-17(25-20)15-4-6-16(21)7-5-15/h4-10H,11H2,1-3H3,(H,23,24). The van der Waals surface area contributed by atoms with E-state index in [1.807, 2.05) is 32.9 Å². The van der Waals surface area contributed by atoms with Crippen molar-refractivity contribution in [3.63, 3.8) is 0 Å². The lowest BCUT2D eigenvalue weighted by Gasteiger charge is -2.12. The van der Waals surface area contributed by atoms with Crippen LogP contribution in [0.15, 0.2) is 52.2 Å². The summed E-state index contributed by atoms with van der Waals surface area (Å²) in [4.78, 5) is 16.5. The van der Waals surface area contributed by atoms with E-state index in [1.54, 1.807) is 18.3 Å². The predicted octanol–water partition coefficient (Wildman–Crippen LogP) is 5.65. The van der Waals surface area contributed by atoms with Crippen LogP contribution in [0.5, 0.6) is 0 Å². The maximum Gasteiger partial charge on any atom is 0.256 e. The first-order valence-electron chi connectivity index (χ1n) is 8.14. The topological polar surface area (TPSA) is 55.1 Å². The van der Waals surface area contributed by atoms with Gasteiger partial charge in [0.1, 0.15) is 0 Å². The number of anilines is 1. The summed E-state index contributed by atoms with van der Waals surface area (Å²) in [6, 6.07) is 11.4. The van der Waals surface area contributed by atoms with E-state index in [0.717, 1.165) is 22.4 Å². The van der Waals surface area contributed by atoms with E-state index in [-0.39, 0.29) is 11.7 Å². The molecule has 0 aliphatic carbocycles. The summed E-state index contributed by atoms with van der Waals surface area (Å²) in [6.07, 6.45) is 1.65. The second kappa shape index (κ2) is 7.98. The molecule has 0 unspecified atom stereocenters. The SMILES string of the molecule is Cc1cc(C)c(NC(=O)CSc2ncc(-c3ccc(Cl)cc3)o2)c(C)c1. The van der Waals surface area contributed by atoms with Gasteiger partial charge in [-0.1, -0.05) is 41.1 Å². The first-order chi connectivity index (χ1) is 12.4. The number of benzene rings is 2. The van der Waals surface area contributed by atoms with E-state index in [1.165, 1.54) is 17.3 Å². The Kier molecular flexibility index (Phi) is 5.69. The Morgan fingerprint density at radius 1 is 1.15 bits per heavy atom. The van der Waals surface area contributed by atoms with E-state index in [2.05, 4.69) is 22.4 Å². The number of hydrogen-bond acceptors (Lipinski definition) is 4.